The molecule has 0 spiro atoms. The second-order valence-corrected chi connectivity index (χ2v) is 43.4. The number of benzene rings is 2. The molecule has 2 aromatic rings. The van der Waals surface area contributed by atoms with E-state index in [0.717, 1.165) is 17.9 Å². The van der Waals surface area contributed by atoms with Gasteiger partial charge in [0.05, 0.1) is 0 Å². The summed E-state index contributed by atoms with van der Waals surface area (Å²) >= 11 is -4.72. The van der Waals surface area contributed by atoms with Crippen LogP contribution >= 0.6 is 0 Å². The van der Waals surface area contributed by atoms with Crippen LogP contribution in [0, 0.1) is 6.92 Å². The van der Waals surface area contributed by atoms with Crippen molar-refractivity contribution in [1.82, 2.24) is 0 Å². The van der Waals surface area contributed by atoms with Gasteiger partial charge in [-0.3, -0.25) is 0 Å². The number of ether oxygens (including phenoxy) is 1. The number of nitrogens with one attached hydrogen (secondary N) is 1. The molecule has 7 heteroatoms. The van der Waals surface area contributed by atoms with E-state index in [2.05, 4.69) is 89.7 Å². The molecule has 41 heavy (non-hydrogen) atoms. The van der Waals surface area contributed by atoms with Crippen molar-refractivity contribution in [2.45, 2.75) is 123 Å². The number of unbranched alkanes of at least 4 members (excludes halogenated alkanes) is 3. The Hall–Kier alpha value is -0.772. The number of carbonyl (C=O) groups is 1. The van der Waals surface area contributed by atoms with Gasteiger partial charge in [0.25, 0.3) is 0 Å². The molecule has 0 saturated heterocycles. The van der Waals surface area contributed by atoms with Crippen LogP contribution in [-0.4, -0.2) is 52.7 Å². The monoisotopic (exact) mass is 751 g/mol. The van der Waals surface area contributed by atoms with Gasteiger partial charge in [-0.25, -0.2) is 0 Å². The van der Waals surface area contributed by atoms with Crippen molar-refractivity contribution < 1.29 is 14.0 Å². The Balaban J connectivity index is 2.01. The summed E-state index contributed by atoms with van der Waals surface area (Å²) in [5.41, 5.74) is 2.41. The number of amides is 1. The minimum absolute atomic E-state index is 0.387. The van der Waals surface area contributed by atoms with E-state index in [4.69, 9.17) is 9.16 Å². The molecule has 2 aromatic carbocycles. The zero-order valence-electron chi connectivity index (χ0n) is 28.1. The zero-order valence-corrected chi connectivity index (χ0v) is 34.1. The third-order valence-electron chi connectivity index (χ3n) is 8.98. The van der Waals surface area contributed by atoms with Crippen molar-refractivity contribution in [3.05, 3.63) is 53.6 Å². The van der Waals surface area contributed by atoms with E-state index in [1.807, 2.05) is 26.0 Å². The summed E-state index contributed by atoms with van der Waals surface area (Å²) in [6, 6.07) is 18.8. The van der Waals surface area contributed by atoms with E-state index in [1.54, 1.807) is 4.40 Å². The van der Waals surface area contributed by atoms with Gasteiger partial charge in [0.1, 0.15) is 0 Å². The molecule has 1 N–H and O–H groups in total. The predicted octanol–water partition coefficient (Wildman–Crippen LogP) is 9.52. The SMILES string of the molecule is CC[Si](CC)(CC)OCCCCC[CH2][Ge]([CH3])([CH3])[c]1ccc(NC(=O)OC(C)(C)c2ccc(C)cc2)[c]([Sn]([CH3])([CH3])[CH3])c1. The van der Waals surface area contributed by atoms with Crippen LogP contribution < -0.4 is 13.3 Å². The van der Waals surface area contributed by atoms with Crippen molar-refractivity contribution in [2.24, 2.45) is 0 Å². The molecule has 1 amide bonds. The molecule has 0 saturated carbocycles. The average molecular weight is 749 g/mol. The molecule has 0 fully saturated rings. The van der Waals surface area contributed by atoms with Crippen LogP contribution in [0.15, 0.2) is 42.5 Å². The third kappa shape index (κ3) is 11.0. The topological polar surface area (TPSA) is 47.6 Å². The summed E-state index contributed by atoms with van der Waals surface area (Å²) < 4.78 is 15.3. The summed E-state index contributed by atoms with van der Waals surface area (Å²) in [6.45, 7) is 13.8. The van der Waals surface area contributed by atoms with Gasteiger partial charge in [0, 0.05) is 0 Å². The summed E-state index contributed by atoms with van der Waals surface area (Å²) in [7, 11) is -1.45. The van der Waals surface area contributed by atoms with E-state index in [-0.39, 0.29) is 6.09 Å². The summed E-state index contributed by atoms with van der Waals surface area (Å²) in [5.74, 6) is 5.10. The molecule has 0 aromatic heterocycles. The standard InChI is InChI=1S/C31H50GeNO3Si.3CH3.Sn/c1-9-37(10-2,11-3)35-25-15-13-12-14-24-32(7,8)28-20-22-29(23-21-28)33-30(34)36-31(5,6)27-18-16-26(4)17-19-27;;;;/h16-22H,9-15,24-25H2,1-8H3,(H,33,34);3*1H3;. The summed E-state index contributed by atoms with van der Waals surface area (Å²) in [6.07, 6.45) is 4.68. The molecule has 0 atom stereocenters. The number of aryl methyl sites for hydroxylation is 1. The Bertz CT molecular complexity index is 1100. The van der Waals surface area contributed by atoms with E-state index in [0.29, 0.717) is 0 Å². The van der Waals surface area contributed by atoms with Crippen molar-refractivity contribution in [1.29, 1.82) is 0 Å². The quantitative estimate of drug-likeness (QED) is 0.138. The first-order valence-corrected chi connectivity index (χ1v) is 35.2. The fourth-order valence-corrected chi connectivity index (χ4v) is 18.8. The van der Waals surface area contributed by atoms with E-state index >= 15 is 0 Å². The Morgan fingerprint density at radius 3 is 2.05 bits per heavy atom. The van der Waals surface area contributed by atoms with Gasteiger partial charge < -0.3 is 0 Å². The van der Waals surface area contributed by atoms with Gasteiger partial charge in [-0.2, -0.15) is 0 Å². The molecular weight excluding hydrogens is 690 g/mol. The number of anilines is 1. The first-order chi connectivity index (χ1) is 19.1. The third-order valence-corrected chi connectivity index (χ3v) is 26.7. The van der Waals surface area contributed by atoms with Crippen LogP contribution in [0.1, 0.15) is 71.4 Å². The first kappa shape index (κ1) is 36.4. The van der Waals surface area contributed by atoms with E-state index in [9.17, 15) is 4.79 Å². The fraction of sp³-hybridized carbons (Fsp3) is 0.618. The normalized spacial score (nSPS) is 12.9. The van der Waals surface area contributed by atoms with Gasteiger partial charge in [-0.1, -0.05) is 0 Å². The van der Waals surface area contributed by atoms with Crippen LogP contribution in [0.4, 0.5) is 10.5 Å². The summed E-state index contributed by atoms with van der Waals surface area (Å²) in [5, 5.41) is 4.48. The zero-order chi connectivity index (χ0) is 30.9. The van der Waals surface area contributed by atoms with E-state index in [1.165, 1.54) is 58.2 Å². The molecule has 230 valence electrons. The Morgan fingerprint density at radius 1 is 0.902 bits per heavy atom. The van der Waals surface area contributed by atoms with Gasteiger partial charge in [-0.05, 0) is 0 Å². The molecule has 2 rings (SSSR count). The fourth-order valence-electron chi connectivity index (χ4n) is 5.59. The van der Waals surface area contributed by atoms with Gasteiger partial charge in [0.2, 0.25) is 0 Å². The Labute approximate surface area is 260 Å². The van der Waals surface area contributed by atoms with Crippen LogP contribution in [-0.2, 0) is 14.8 Å². The maximum atomic E-state index is 13.1. The maximum absolute atomic E-state index is 13.1. The van der Waals surface area contributed by atoms with Crippen LogP contribution in [0.5, 0.6) is 0 Å². The Kier molecular flexibility index (Phi) is 14.0. The van der Waals surface area contributed by atoms with Gasteiger partial charge in [0.15, 0.2) is 0 Å². The van der Waals surface area contributed by atoms with Crippen molar-refractivity contribution in [2.75, 3.05) is 11.9 Å². The predicted molar refractivity (Wildman–Crippen MR) is 187 cm³/mol. The molecule has 0 aliphatic heterocycles. The number of rotatable bonds is 16. The molecule has 0 aliphatic carbocycles. The number of hydrogen-bond donors (Lipinski definition) is 1. The van der Waals surface area contributed by atoms with Crippen LogP contribution in [0.2, 0.25) is 49.7 Å². The summed E-state index contributed by atoms with van der Waals surface area (Å²) in [4.78, 5) is 20.4. The molecule has 0 unspecified atom stereocenters. The van der Waals surface area contributed by atoms with Gasteiger partial charge in [-0.15, -0.1) is 0 Å². The molecule has 0 heterocycles. The van der Waals surface area contributed by atoms with Crippen molar-refractivity contribution in [3.63, 3.8) is 0 Å². The van der Waals surface area contributed by atoms with Crippen molar-refractivity contribution in [3.8, 4) is 0 Å². The molecule has 0 radical (unpaired) electrons. The first-order valence-electron chi connectivity index (χ1n) is 16.0. The number of hydrogen-bond acceptors (Lipinski definition) is 3. The molecule has 0 aliphatic rings. The van der Waals surface area contributed by atoms with Crippen molar-refractivity contribution >= 4 is 59.7 Å². The van der Waals surface area contributed by atoms with Crippen LogP contribution in [0.25, 0.3) is 0 Å². The second-order valence-electron chi connectivity index (χ2n) is 14.0. The van der Waals surface area contributed by atoms with Crippen LogP contribution in [0.3, 0.4) is 0 Å². The van der Waals surface area contributed by atoms with E-state index < -0.39 is 45.6 Å². The average Bonchev–Trinajstić information content (AvgIpc) is 2.90. The molecule has 0 bridgehead atoms. The minimum atomic E-state index is -2.54. The Morgan fingerprint density at radius 2 is 1.49 bits per heavy atom. The molecule has 4 nitrogen and oxygen atoms in total. The molecular formula is C34H59GeNO3SiSn. The second kappa shape index (κ2) is 15.8. The number of carbonyl (C=O) groups excluding carboxylic acids is 1. The van der Waals surface area contributed by atoms with Gasteiger partial charge >= 0.3 is 262 Å².